The van der Waals surface area contributed by atoms with Crippen molar-refractivity contribution in [2.24, 2.45) is 5.92 Å². The van der Waals surface area contributed by atoms with Gasteiger partial charge in [-0.05, 0) is 42.7 Å². The van der Waals surface area contributed by atoms with Crippen molar-refractivity contribution in [1.29, 1.82) is 0 Å². The van der Waals surface area contributed by atoms with E-state index in [-0.39, 0.29) is 0 Å². The fraction of sp³-hybridized carbons (Fsp3) is 0.583. The molecule has 2 atom stereocenters. The molecule has 1 aromatic rings. The highest BCUT2D eigenvalue weighted by atomic mass is 14.7. The molecule has 1 heteroatoms. The molecular weight excluding hydrogens is 158 g/mol. The molecule has 1 heterocycles. The Kier molecular flexibility index (Phi) is 2.34. The molecule has 0 aliphatic heterocycles. The van der Waals surface area contributed by atoms with Gasteiger partial charge in [-0.15, -0.1) is 0 Å². The Morgan fingerprint density at radius 2 is 2.15 bits per heavy atom. The van der Waals surface area contributed by atoms with Crippen LogP contribution in [0.2, 0.25) is 0 Å². The fourth-order valence-electron chi connectivity index (χ4n) is 2.22. The van der Waals surface area contributed by atoms with Gasteiger partial charge in [0.25, 0.3) is 0 Å². The average molecular weight is 175 g/mol. The zero-order valence-electron chi connectivity index (χ0n) is 8.46. The SMILES string of the molecule is C[C@@H]1CC[C@@H](C)c2ncccc2C1. The van der Waals surface area contributed by atoms with Crippen molar-refractivity contribution >= 4 is 0 Å². The second-order valence-electron chi connectivity index (χ2n) is 4.34. The topological polar surface area (TPSA) is 12.9 Å². The predicted molar refractivity (Wildman–Crippen MR) is 54.8 cm³/mol. The van der Waals surface area contributed by atoms with Gasteiger partial charge in [-0.1, -0.05) is 19.9 Å². The molecule has 0 unspecified atom stereocenters. The van der Waals surface area contributed by atoms with Gasteiger partial charge < -0.3 is 0 Å². The molecule has 0 fully saturated rings. The summed E-state index contributed by atoms with van der Waals surface area (Å²) in [5.41, 5.74) is 2.81. The molecule has 1 aliphatic rings. The highest BCUT2D eigenvalue weighted by Crippen LogP contribution is 2.30. The zero-order valence-corrected chi connectivity index (χ0v) is 8.46. The molecule has 0 saturated carbocycles. The fourth-order valence-corrected chi connectivity index (χ4v) is 2.22. The summed E-state index contributed by atoms with van der Waals surface area (Å²) in [6.45, 7) is 4.64. The van der Waals surface area contributed by atoms with Crippen LogP contribution in [-0.2, 0) is 6.42 Å². The number of pyridine rings is 1. The lowest BCUT2D eigenvalue weighted by Crippen LogP contribution is -1.99. The molecule has 1 aliphatic carbocycles. The van der Waals surface area contributed by atoms with Crippen LogP contribution in [0.25, 0.3) is 0 Å². The first-order valence-electron chi connectivity index (χ1n) is 5.21. The molecule has 0 N–H and O–H groups in total. The smallest absolute Gasteiger partial charge is 0.0463 e. The summed E-state index contributed by atoms with van der Waals surface area (Å²) in [4.78, 5) is 4.49. The lowest BCUT2D eigenvalue weighted by molar-refractivity contribution is 0.503. The first-order chi connectivity index (χ1) is 6.27. The normalized spacial score (nSPS) is 27.8. The van der Waals surface area contributed by atoms with E-state index in [4.69, 9.17) is 0 Å². The third-order valence-electron chi connectivity index (χ3n) is 3.05. The van der Waals surface area contributed by atoms with Crippen LogP contribution in [0.15, 0.2) is 18.3 Å². The molecule has 0 saturated heterocycles. The van der Waals surface area contributed by atoms with E-state index >= 15 is 0 Å². The highest BCUT2D eigenvalue weighted by molar-refractivity contribution is 5.24. The third kappa shape index (κ3) is 1.74. The Balaban J connectivity index is 2.38. The molecule has 70 valence electrons. The van der Waals surface area contributed by atoms with E-state index < -0.39 is 0 Å². The van der Waals surface area contributed by atoms with Crippen molar-refractivity contribution in [3.05, 3.63) is 29.6 Å². The summed E-state index contributed by atoms with van der Waals surface area (Å²) < 4.78 is 0. The lowest BCUT2D eigenvalue weighted by atomic mass is 10.0. The van der Waals surface area contributed by atoms with Gasteiger partial charge in [0.1, 0.15) is 0 Å². The van der Waals surface area contributed by atoms with Crippen LogP contribution in [0.4, 0.5) is 0 Å². The minimum atomic E-state index is 0.654. The van der Waals surface area contributed by atoms with E-state index in [0.717, 1.165) is 5.92 Å². The van der Waals surface area contributed by atoms with Crippen LogP contribution in [0, 0.1) is 5.92 Å². The Bertz CT molecular complexity index is 293. The first-order valence-corrected chi connectivity index (χ1v) is 5.21. The van der Waals surface area contributed by atoms with Crippen LogP contribution >= 0.6 is 0 Å². The minimum Gasteiger partial charge on any atom is -0.261 e. The monoisotopic (exact) mass is 175 g/mol. The van der Waals surface area contributed by atoms with Gasteiger partial charge in [-0.3, -0.25) is 4.98 Å². The van der Waals surface area contributed by atoms with Gasteiger partial charge in [-0.2, -0.15) is 0 Å². The van der Waals surface area contributed by atoms with E-state index in [0.29, 0.717) is 5.92 Å². The van der Waals surface area contributed by atoms with Crippen molar-refractivity contribution in [2.45, 2.75) is 39.0 Å². The van der Waals surface area contributed by atoms with Gasteiger partial charge in [0.2, 0.25) is 0 Å². The number of aromatic nitrogens is 1. The standard InChI is InChI=1S/C12H17N/c1-9-5-6-10(2)12-11(8-9)4-3-7-13-12/h3-4,7,9-10H,5-6,8H2,1-2H3/t9-,10-/m1/s1. The van der Waals surface area contributed by atoms with Crippen LogP contribution in [0.5, 0.6) is 0 Å². The van der Waals surface area contributed by atoms with Gasteiger partial charge >= 0.3 is 0 Å². The number of fused-ring (bicyclic) bond motifs is 1. The van der Waals surface area contributed by atoms with Crippen molar-refractivity contribution in [3.63, 3.8) is 0 Å². The number of hydrogen-bond donors (Lipinski definition) is 0. The highest BCUT2D eigenvalue weighted by Gasteiger charge is 2.18. The van der Waals surface area contributed by atoms with Crippen molar-refractivity contribution in [2.75, 3.05) is 0 Å². The summed E-state index contributed by atoms with van der Waals surface area (Å²) in [6, 6.07) is 4.30. The molecule has 13 heavy (non-hydrogen) atoms. The molecular formula is C12H17N. The quantitative estimate of drug-likeness (QED) is 0.552. The largest absolute Gasteiger partial charge is 0.261 e. The van der Waals surface area contributed by atoms with E-state index in [9.17, 15) is 0 Å². The number of nitrogens with zero attached hydrogens (tertiary/aromatic N) is 1. The van der Waals surface area contributed by atoms with Crippen molar-refractivity contribution in [3.8, 4) is 0 Å². The van der Waals surface area contributed by atoms with Gasteiger partial charge in [0, 0.05) is 11.9 Å². The van der Waals surface area contributed by atoms with E-state index in [1.807, 2.05) is 6.20 Å². The Hall–Kier alpha value is -0.850. The van der Waals surface area contributed by atoms with Gasteiger partial charge in [0.05, 0.1) is 0 Å². The van der Waals surface area contributed by atoms with Crippen LogP contribution in [0.1, 0.15) is 43.9 Å². The van der Waals surface area contributed by atoms with Crippen LogP contribution < -0.4 is 0 Å². The number of rotatable bonds is 0. The summed E-state index contributed by atoms with van der Waals surface area (Å²) in [7, 11) is 0. The van der Waals surface area contributed by atoms with Crippen LogP contribution in [0.3, 0.4) is 0 Å². The summed E-state index contributed by atoms with van der Waals surface area (Å²) >= 11 is 0. The van der Waals surface area contributed by atoms with Crippen molar-refractivity contribution < 1.29 is 0 Å². The Morgan fingerprint density at radius 1 is 1.31 bits per heavy atom. The first kappa shape index (κ1) is 8.74. The molecule has 0 spiro atoms. The summed E-state index contributed by atoms with van der Waals surface area (Å²) in [5.74, 6) is 1.48. The molecule has 2 rings (SSSR count). The van der Waals surface area contributed by atoms with E-state index in [2.05, 4.69) is 31.0 Å². The molecule has 0 bridgehead atoms. The molecule has 1 aromatic heterocycles. The minimum absolute atomic E-state index is 0.654. The zero-order chi connectivity index (χ0) is 9.26. The van der Waals surface area contributed by atoms with Crippen molar-refractivity contribution in [1.82, 2.24) is 4.98 Å². The predicted octanol–water partition coefficient (Wildman–Crippen LogP) is 3.16. The average Bonchev–Trinajstić information content (AvgIpc) is 2.27. The Morgan fingerprint density at radius 3 is 3.00 bits per heavy atom. The molecule has 0 amide bonds. The second kappa shape index (κ2) is 3.49. The molecule has 0 aromatic carbocycles. The maximum atomic E-state index is 4.49. The van der Waals surface area contributed by atoms with Crippen LogP contribution in [-0.4, -0.2) is 4.98 Å². The molecule has 1 nitrogen and oxygen atoms in total. The summed E-state index contributed by atoms with van der Waals surface area (Å²) in [5, 5.41) is 0. The lowest BCUT2D eigenvalue weighted by Gasteiger charge is -2.09. The third-order valence-corrected chi connectivity index (χ3v) is 3.05. The molecule has 0 radical (unpaired) electrons. The Labute approximate surface area is 80.2 Å². The van der Waals surface area contributed by atoms with Gasteiger partial charge in [0.15, 0.2) is 0 Å². The van der Waals surface area contributed by atoms with Gasteiger partial charge in [-0.25, -0.2) is 0 Å². The number of hydrogen-bond acceptors (Lipinski definition) is 1. The van der Waals surface area contributed by atoms with E-state index in [1.54, 1.807) is 0 Å². The maximum Gasteiger partial charge on any atom is 0.0463 e. The maximum absolute atomic E-state index is 4.49. The second-order valence-corrected chi connectivity index (χ2v) is 4.34. The van der Waals surface area contributed by atoms with E-state index in [1.165, 1.54) is 30.5 Å². The summed E-state index contributed by atoms with van der Waals surface area (Å²) in [6.07, 6.45) is 5.78.